The van der Waals surface area contributed by atoms with Crippen molar-refractivity contribution < 1.29 is 5.11 Å². The molecule has 1 aliphatic heterocycles. The third-order valence-electron chi connectivity index (χ3n) is 3.91. The van der Waals surface area contributed by atoms with Crippen molar-refractivity contribution in [3.05, 3.63) is 35.9 Å². The number of aliphatic hydroxyl groups is 1. The summed E-state index contributed by atoms with van der Waals surface area (Å²) in [6, 6.07) is 10.1. The fourth-order valence-electron chi connectivity index (χ4n) is 3.05. The molecule has 0 unspecified atom stereocenters. The van der Waals surface area contributed by atoms with Crippen LogP contribution in [0.15, 0.2) is 30.3 Å². The molecule has 1 aromatic carbocycles. The Kier molecular flexibility index (Phi) is 3.04. The van der Waals surface area contributed by atoms with E-state index in [1.807, 2.05) is 30.3 Å². The van der Waals surface area contributed by atoms with Gasteiger partial charge in [0.2, 0.25) is 0 Å². The normalized spacial score (nSPS) is 30.2. The van der Waals surface area contributed by atoms with E-state index in [1.165, 1.54) is 0 Å². The van der Waals surface area contributed by atoms with Gasteiger partial charge in [-0.15, -0.1) is 0 Å². The number of piperidine rings is 1. The monoisotopic (exact) mass is 219 g/mol. The molecule has 1 heterocycles. The topological polar surface area (TPSA) is 23.5 Å². The van der Waals surface area contributed by atoms with Crippen LogP contribution >= 0.6 is 0 Å². The Hall–Kier alpha value is -0.860. The Morgan fingerprint density at radius 2 is 1.62 bits per heavy atom. The van der Waals surface area contributed by atoms with Gasteiger partial charge in [0.1, 0.15) is 0 Å². The van der Waals surface area contributed by atoms with E-state index in [0.717, 1.165) is 18.7 Å². The lowest BCUT2D eigenvalue weighted by Gasteiger charge is -2.47. The zero-order chi connectivity index (χ0) is 11.8. The number of benzene rings is 1. The summed E-state index contributed by atoms with van der Waals surface area (Å²) in [5, 5.41) is 11.0. The van der Waals surface area contributed by atoms with Gasteiger partial charge in [-0.2, -0.15) is 0 Å². The molecule has 2 rings (SSSR count). The van der Waals surface area contributed by atoms with E-state index in [-0.39, 0.29) is 11.8 Å². The minimum atomic E-state index is -0.673. The van der Waals surface area contributed by atoms with E-state index in [4.69, 9.17) is 0 Å². The molecule has 1 aromatic rings. The van der Waals surface area contributed by atoms with E-state index in [0.29, 0.717) is 0 Å². The SMILES string of the molecule is C[C@@H]1CN(C)C[C@@H](C)C1(O)c1ccccc1. The second-order valence-electron chi connectivity index (χ2n) is 5.21. The molecule has 2 atom stereocenters. The van der Waals surface area contributed by atoms with E-state index < -0.39 is 5.60 Å². The highest BCUT2D eigenvalue weighted by molar-refractivity contribution is 5.25. The molecule has 0 aromatic heterocycles. The van der Waals surface area contributed by atoms with E-state index in [2.05, 4.69) is 25.8 Å². The van der Waals surface area contributed by atoms with Crippen molar-refractivity contribution in [3.63, 3.8) is 0 Å². The van der Waals surface area contributed by atoms with Gasteiger partial charge >= 0.3 is 0 Å². The van der Waals surface area contributed by atoms with Gasteiger partial charge in [-0.05, 0) is 12.6 Å². The summed E-state index contributed by atoms with van der Waals surface area (Å²) in [5.41, 5.74) is 0.386. The van der Waals surface area contributed by atoms with Crippen molar-refractivity contribution >= 4 is 0 Å². The summed E-state index contributed by atoms with van der Waals surface area (Å²) < 4.78 is 0. The van der Waals surface area contributed by atoms with Crippen LogP contribution in [0.4, 0.5) is 0 Å². The fourth-order valence-corrected chi connectivity index (χ4v) is 3.05. The molecular weight excluding hydrogens is 198 g/mol. The van der Waals surface area contributed by atoms with Gasteiger partial charge in [-0.1, -0.05) is 44.2 Å². The molecule has 0 saturated carbocycles. The highest BCUT2D eigenvalue weighted by Crippen LogP contribution is 2.40. The van der Waals surface area contributed by atoms with Crippen LogP contribution in [0.3, 0.4) is 0 Å². The van der Waals surface area contributed by atoms with Gasteiger partial charge in [-0.25, -0.2) is 0 Å². The molecule has 0 radical (unpaired) electrons. The quantitative estimate of drug-likeness (QED) is 0.782. The van der Waals surface area contributed by atoms with Gasteiger partial charge in [0.25, 0.3) is 0 Å². The maximum Gasteiger partial charge on any atom is 0.0971 e. The molecule has 1 fully saturated rings. The van der Waals surface area contributed by atoms with Crippen LogP contribution in [-0.4, -0.2) is 30.1 Å². The maximum atomic E-state index is 11.0. The van der Waals surface area contributed by atoms with E-state index in [9.17, 15) is 5.11 Å². The standard InChI is InChI=1S/C14H21NO/c1-11-9-15(3)10-12(2)14(11,16)13-7-5-4-6-8-13/h4-8,11-12,16H,9-10H2,1-3H3/t11-,12-/m1/s1. The molecule has 0 spiro atoms. The fraction of sp³-hybridized carbons (Fsp3) is 0.571. The second-order valence-corrected chi connectivity index (χ2v) is 5.21. The van der Waals surface area contributed by atoms with Crippen molar-refractivity contribution in [2.24, 2.45) is 11.8 Å². The van der Waals surface area contributed by atoms with E-state index >= 15 is 0 Å². The molecule has 88 valence electrons. The molecule has 2 heteroatoms. The molecule has 0 bridgehead atoms. The number of rotatable bonds is 1. The lowest BCUT2D eigenvalue weighted by molar-refractivity contribution is -0.108. The van der Waals surface area contributed by atoms with Gasteiger partial charge in [-0.3, -0.25) is 0 Å². The van der Waals surface area contributed by atoms with Gasteiger partial charge in [0.05, 0.1) is 5.60 Å². The van der Waals surface area contributed by atoms with Crippen molar-refractivity contribution in [1.29, 1.82) is 0 Å². The molecular formula is C14H21NO. The van der Waals surface area contributed by atoms with Crippen molar-refractivity contribution in [2.45, 2.75) is 19.4 Å². The van der Waals surface area contributed by atoms with Gasteiger partial charge < -0.3 is 10.0 Å². The van der Waals surface area contributed by atoms with Crippen molar-refractivity contribution in [3.8, 4) is 0 Å². The molecule has 16 heavy (non-hydrogen) atoms. The third-order valence-corrected chi connectivity index (χ3v) is 3.91. The molecule has 0 amide bonds. The number of nitrogens with zero attached hydrogens (tertiary/aromatic N) is 1. The van der Waals surface area contributed by atoms with Crippen LogP contribution in [0.25, 0.3) is 0 Å². The largest absolute Gasteiger partial charge is 0.385 e. The summed E-state index contributed by atoms with van der Waals surface area (Å²) in [5.74, 6) is 0.535. The minimum Gasteiger partial charge on any atom is -0.385 e. The predicted molar refractivity (Wildman–Crippen MR) is 66.2 cm³/mol. The minimum absolute atomic E-state index is 0.267. The Morgan fingerprint density at radius 3 is 2.12 bits per heavy atom. The average Bonchev–Trinajstić information content (AvgIpc) is 2.27. The Balaban J connectivity index is 2.36. The van der Waals surface area contributed by atoms with Crippen molar-refractivity contribution in [2.75, 3.05) is 20.1 Å². The lowest BCUT2D eigenvalue weighted by Crippen LogP contribution is -2.53. The zero-order valence-corrected chi connectivity index (χ0v) is 10.4. The molecule has 2 nitrogen and oxygen atoms in total. The van der Waals surface area contributed by atoms with Crippen LogP contribution in [0, 0.1) is 11.8 Å². The summed E-state index contributed by atoms with van der Waals surface area (Å²) >= 11 is 0. The van der Waals surface area contributed by atoms with E-state index in [1.54, 1.807) is 0 Å². The summed E-state index contributed by atoms with van der Waals surface area (Å²) in [4.78, 5) is 2.30. The summed E-state index contributed by atoms with van der Waals surface area (Å²) in [6.45, 7) is 6.18. The molecule has 0 aliphatic carbocycles. The van der Waals surface area contributed by atoms with Crippen LogP contribution in [0.1, 0.15) is 19.4 Å². The Morgan fingerprint density at radius 1 is 1.12 bits per heavy atom. The smallest absolute Gasteiger partial charge is 0.0971 e. The van der Waals surface area contributed by atoms with Gasteiger partial charge in [0.15, 0.2) is 0 Å². The van der Waals surface area contributed by atoms with Crippen LogP contribution in [-0.2, 0) is 5.60 Å². The maximum absolute atomic E-state index is 11.0. The van der Waals surface area contributed by atoms with Crippen LogP contribution in [0.2, 0.25) is 0 Å². The number of hydrogen-bond donors (Lipinski definition) is 1. The highest BCUT2D eigenvalue weighted by Gasteiger charge is 2.44. The lowest BCUT2D eigenvalue weighted by atomic mass is 9.71. The first-order chi connectivity index (χ1) is 7.55. The predicted octanol–water partition coefficient (Wildman–Crippen LogP) is 2.09. The van der Waals surface area contributed by atoms with Gasteiger partial charge in [0, 0.05) is 24.9 Å². The van der Waals surface area contributed by atoms with Crippen molar-refractivity contribution in [1.82, 2.24) is 4.90 Å². The molecule has 1 N–H and O–H groups in total. The second kappa shape index (κ2) is 4.19. The first kappa shape index (κ1) is 11.6. The van der Waals surface area contributed by atoms with Crippen LogP contribution in [0.5, 0.6) is 0 Å². The third kappa shape index (κ3) is 1.76. The summed E-state index contributed by atoms with van der Waals surface area (Å²) in [6.07, 6.45) is 0. The first-order valence-electron chi connectivity index (χ1n) is 6.01. The molecule has 1 aliphatic rings. The first-order valence-corrected chi connectivity index (χ1v) is 6.01. The Bertz CT molecular complexity index is 337. The van der Waals surface area contributed by atoms with Crippen LogP contribution < -0.4 is 0 Å². The summed E-state index contributed by atoms with van der Waals surface area (Å²) in [7, 11) is 2.12. The highest BCUT2D eigenvalue weighted by atomic mass is 16.3. The number of likely N-dealkylation sites (tertiary alicyclic amines) is 1. The number of hydrogen-bond acceptors (Lipinski definition) is 2. The zero-order valence-electron chi connectivity index (χ0n) is 10.4. The average molecular weight is 219 g/mol. The Labute approximate surface area is 97.9 Å². The molecule has 1 saturated heterocycles.